The molecule has 0 aromatic carbocycles. The van der Waals surface area contributed by atoms with E-state index in [0.29, 0.717) is 19.3 Å². The monoisotopic (exact) mass is 961 g/mol. The van der Waals surface area contributed by atoms with Gasteiger partial charge in [-0.25, -0.2) is 0 Å². The summed E-state index contributed by atoms with van der Waals surface area (Å²) >= 11 is 0. The molecule has 6 heteroatoms. The van der Waals surface area contributed by atoms with E-state index >= 15 is 0 Å². The van der Waals surface area contributed by atoms with Gasteiger partial charge in [0.2, 0.25) is 0 Å². The van der Waals surface area contributed by atoms with Crippen LogP contribution in [-0.2, 0) is 28.6 Å². The summed E-state index contributed by atoms with van der Waals surface area (Å²) in [6.07, 6.45) is 59.5. The first kappa shape index (κ1) is 66.4. The summed E-state index contributed by atoms with van der Waals surface area (Å²) in [4.78, 5) is 38.2. The minimum Gasteiger partial charge on any atom is -0.462 e. The van der Waals surface area contributed by atoms with Crippen molar-refractivity contribution in [2.45, 2.75) is 355 Å². The first-order valence-electron chi connectivity index (χ1n) is 30.8. The number of carbonyl (C=O) groups is 3. The second-order valence-corrected chi connectivity index (χ2v) is 22.1. The molecule has 0 fully saturated rings. The van der Waals surface area contributed by atoms with Crippen LogP contribution in [0.1, 0.15) is 349 Å². The van der Waals surface area contributed by atoms with Gasteiger partial charge in [0.05, 0.1) is 0 Å². The third-order valence-corrected chi connectivity index (χ3v) is 14.6. The molecule has 0 bridgehead atoms. The summed E-state index contributed by atoms with van der Waals surface area (Å²) in [6, 6.07) is 0. The fourth-order valence-electron chi connectivity index (χ4n) is 9.55. The van der Waals surface area contributed by atoms with E-state index in [4.69, 9.17) is 14.2 Å². The Balaban J connectivity index is 4.25. The van der Waals surface area contributed by atoms with Crippen molar-refractivity contribution in [3.05, 3.63) is 0 Å². The Bertz CT molecular complexity index is 1040. The Morgan fingerprint density at radius 3 is 0.838 bits per heavy atom. The highest BCUT2D eigenvalue weighted by molar-refractivity contribution is 5.71. The lowest BCUT2D eigenvalue weighted by molar-refractivity contribution is -0.167. The first-order chi connectivity index (χ1) is 33.3. The van der Waals surface area contributed by atoms with Gasteiger partial charge in [0.1, 0.15) is 13.2 Å². The minimum absolute atomic E-state index is 0.0623. The molecule has 0 amide bonds. The molecule has 68 heavy (non-hydrogen) atoms. The SMILES string of the molecule is CCCCCCCCCCCCCCCCC(=O)OC[C@@H](COC(=O)CCCCCCCCCCCCCC(C)C)OC(=O)CCCCCCCCCCCCCCCCCCCCC(C)CC. The van der Waals surface area contributed by atoms with Crippen LogP contribution < -0.4 is 0 Å². The summed E-state index contributed by atoms with van der Waals surface area (Å²) < 4.78 is 16.9. The second-order valence-electron chi connectivity index (χ2n) is 22.1. The predicted octanol–water partition coefficient (Wildman–Crippen LogP) is 20.4. The molecule has 0 heterocycles. The molecule has 0 aliphatic carbocycles. The maximum absolute atomic E-state index is 12.9. The van der Waals surface area contributed by atoms with Crippen LogP contribution in [0.3, 0.4) is 0 Å². The predicted molar refractivity (Wildman–Crippen MR) is 293 cm³/mol. The van der Waals surface area contributed by atoms with E-state index in [1.165, 1.54) is 238 Å². The Labute approximate surface area is 425 Å². The quantitative estimate of drug-likeness (QED) is 0.0343. The van der Waals surface area contributed by atoms with Crippen molar-refractivity contribution in [1.82, 2.24) is 0 Å². The number of esters is 3. The average Bonchev–Trinajstić information content (AvgIpc) is 3.32. The highest BCUT2D eigenvalue weighted by Gasteiger charge is 2.19. The van der Waals surface area contributed by atoms with E-state index < -0.39 is 6.10 Å². The fourth-order valence-corrected chi connectivity index (χ4v) is 9.55. The summed E-state index contributed by atoms with van der Waals surface area (Å²) in [5.41, 5.74) is 0. The van der Waals surface area contributed by atoms with Crippen molar-refractivity contribution in [3.63, 3.8) is 0 Å². The molecule has 0 rings (SSSR count). The van der Waals surface area contributed by atoms with E-state index in [-0.39, 0.29) is 31.1 Å². The normalized spacial score (nSPS) is 12.4. The van der Waals surface area contributed by atoms with Crippen molar-refractivity contribution in [1.29, 1.82) is 0 Å². The van der Waals surface area contributed by atoms with Crippen LogP contribution in [0.5, 0.6) is 0 Å². The summed E-state index contributed by atoms with van der Waals surface area (Å²) in [5, 5.41) is 0. The summed E-state index contributed by atoms with van der Waals surface area (Å²) in [6.45, 7) is 11.5. The van der Waals surface area contributed by atoms with Crippen LogP contribution in [0.25, 0.3) is 0 Å². The number of carbonyl (C=O) groups excluding carboxylic acids is 3. The Hall–Kier alpha value is -1.59. The molecular weight excluding hydrogens is 841 g/mol. The molecule has 0 aliphatic heterocycles. The number of rotatable bonds is 56. The largest absolute Gasteiger partial charge is 0.462 e. The van der Waals surface area contributed by atoms with Gasteiger partial charge in [-0.2, -0.15) is 0 Å². The van der Waals surface area contributed by atoms with E-state index in [1.54, 1.807) is 0 Å². The maximum Gasteiger partial charge on any atom is 0.306 e. The van der Waals surface area contributed by atoms with Gasteiger partial charge in [-0.1, -0.05) is 311 Å². The van der Waals surface area contributed by atoms with Gasteiger partial charge in [-0.15, -0.1) is 0 Å². The summed E-state index contributed by atoms with van der Waals surface area (Å²) in [7, 11) is 0. The van der Waals surface area contributed by atoms with E-state index in [2.05, 4.69) is 34.6 Å². The fraction of sp³-hybridized carbons (Fsp3) is 0.952. The van der Waals surface area contributed by atoms with Crippen LogP contribution in [0, 0.1) is 11.8 Å². The lowest BCUT2D eigenvalue weighted by Gasteiger charge is -2.18. The van der Waals surface area contributed by atoms with Crippen LogP contribution in [0.15, 0.2) is 0 Å². The molecule has 1 unspecified atom stereocenters. The van der Waals surface area contributed by atoms with Crippen molar-refractivity contribution in [2.24, 2.45) is 11.8 Å². The molecule has 0 saturated heterocycles. The molecule has 6 nitrogen and oxygen atoms in total. The van der Waals surface area contributed by atoms with Crippen molar-refractivity contribution in [3.8, 4) is 0 Å². The van der Waals surface area contributed by atoms with E-state index in [1.807, 2.05) is 0 Å². The Kier molecular flexibility index (Phi) is 53.5. The molecular formula is C62H120O6. The standard InChI is InChI=1S/C62H120O6/c1-6-8-9-10-11-12-13-14-22-27-32-37-42-47-52-60(63)66-55-59(56-67-61(64)53-48-43-38-33-29-24-25-30-35-40-45-50-57(3)4)68-62(65)54-49-44-39-34-28-23-20-18-16-15-17-19-21-26-31-36-41-46-51-58(5)7-2/h57-59H,6-56H2,1-5H3/t58?,59-/m0/s1. The molecule has 0 aromatic rings. The third kappa shape index (κ3) is 53.8. The second kappa shape index (κ2) is 54.7. The highest BCUT2D eigenvalue weighted by atomic mass is 16.6. The van der Waals surface area contributed by atoms with Gasteiger partial charge in [0.25, 0.3) is 0 Å². The zero-order valence-corrected chi connectivity index (χ0v) is 46.7. The lowest BCUT2D eigenvalue weighted by Crippen LogP contribution is -2.30. The highest BCUT2D eigenvalue weighted by Crippen LogP contribution is 2.19. The molecule has 404 valence electrons. The maximum atomic E-state index is 12.9. The van der Waals surface area contributed by atoms with Gasteiger partial charge in [-0.05, 0) is 31.1 Å². The molecule has 0 aliphatic rings. The van der Waals surface area contributed by atoms with Crippen molar-refractivity contribution in [2.75, 3.05) is 13.2 Å². The van der Waals surface area contributed by atoms with Gasteiger partial charge in [0, 0.05) is 19.3 Å². The van der Waals surface area contributed by atoms with Crippen LogP contribution in [0.4, 0.5) is 0 Å². The number of hydrogen-bond donors (Lipinski definition) is 0. The molecule has 0 N–H and O–H groups in total. The number of ether oxygens (including phenoxy) is 3. The van der Waals surface area contributed by atoms with E-state index in [9.17, 15) is 14.4 Å². The van der Waals surface area contributed by atoms with Crippen LogP contribution in [0.2, 0.25) is 0 Å². The average molecular weight is 962 g/mol. The van der Waals surface area contributed by atoms with Crippen LogP contribution >= 0.6 is 0 Å². The molecule has 0 radical (unpaired) electrons. The summed E-state index contributed by atoms with van der Waals surface area (Å²) in [5.74, 6) is 0.901. The first-order valence-corrected chi connectivity index (χ1v) is 30.8. The Morgan fingerprint density at radius 2 is 0.559 bits per heavy atom. The van der Waals surface area contributed by atoms with Gasteiger partial charge in [-0.3, -0.25) is 14.4 Å². The topological polar surface area (TPSA) is 78.9 Å². The number of unbranched alkanes of at least 4 members (excludes halogenated alkanes) is 40. The smallest absolute Gasteiger partial charge is 0.306 e. The zero-order valence-electron chi connectivity index (χ0n) is 46.7. The molecule has 0 aromatic heterocycles. The lowest BCUT2D eigenvalue weighted by atomic mass is 9.99. The van der Waals surface area contributed by atoms with Crippen LogP contribution in [-0.4, -0.2) is 37.2 Å². The molecule has 0 saturated carbocycles. The van der Waals surface area contributed by atoms with Crippen molar-refractivity contribution >= 4 is 17.9 Å². The van der Waals surface area contributed by atoms with Gasteiger partial charge < -0.3 is 14.2 Å². The van der Waals surface area contributed by atoms with E-state index in [0.717, 1.165) is 69.6 Å². The van der Waals surface area contributed by atoms with Gasteiger partial charge in [0.15, 0.2) is 6.10 Å². The van der Waals surface area contributed by atoms with Crippen molar-refractivity contribution < 1.29 is 28.6 Å². The number of hydrogen-bond acceptors (Lipinski definition) is 6. The zero-order chi connectivity index (χ0) is 49.6. The minimum atomic E-state index is -0.763. The van der Waals surface area contributed by atoms with Gasteiger partial charge >= 0.3 is 17.9 Å². The Morgan fingerprint density at radius 1 is 0.309 bits per heavy atom. The third-order valence-electron chi connectivity index (χ3n) is 14.6. The molecule has 2 atom stereocenters. The molecule has 0 spiro atoms.